The second kappa shape index (κ2) is 7.83. The molecular formula is C24H27NO2. The van der Waals surface area contributed by atoms with E-state index >= 15 is 0 Å². The van der Waals surface area contributed by atoms with E-state index in [9.17, 15) is 9.90 Å². The number of carboxylic acids is 1. The molecular weight excluding hydrogens is 334 g/mol. The highest BCUT2D eigenvalue weighted by Gasteiger charge is 2.27. The maximum atomic E-state index is 11.5. The first-order valence-electron chi connectivity index (χ1n) is 9.49. The second-order valence-electron chi connectivity index (χ2n) is 7.41. The lowest BCUT2D eigenvalue weighted by molar-refractivity contribution is 0.0697. The normalized spacial score (nSPS) is 19.9. The molecule has 0 bridgehead atoms. The first-order chi connectivity index (χ1) is 13.0. The number of benzene rings is 1. The zero-order valence-electron chi connectivity index (χ0n) is 16.3. The third-order valence-electron chi connectivity index (χ3n) is 5.51. The Morgan fingerprint density at radius 1 is 1.22 bits per heavy atom. The molecule has 0 fully saturated rings. The van der Waals surface area contributed by atoms with Crippen molar-refractivity contribution >= 4 is 11.5 Å². The average molecular weight is 361 g/mol. The molecule has 3 heteroatoms. The van der Waals surface area contributed by atoms with Crippen LogP contribution in [0.3, 0.4) is 0 Å². The Bertz CT molecular complexity index is 930. The van der Waals surface area contributed by atoms with Crippen LogP contribution >= 0.6 is 0 Å². The largest absolute Gasteiger partial charge is 0.478 e. The van der Waals surface area contributed by atoms with E-state index in [0.717, 1.165) is 29.8 Å². The summed E-state index contributed by atoms with van der Waals surface area (Å²) in [5, 5.41) is 9.42. The van der Waals surface area contributed by atoms with Crippen LogP contribution in [-0.2, 0) is 12.8 Å². The van der Waals surface area contributed by atoms with Gasteiger partial charge in [-0.25, -0.2) is 4.79 Å². The van der Waals surface area contributed by atoms with Crippen LogP contribution in [0.5, 0.6) is 0 Å². The fourth-order valence-electron chi connectivity index (χ4n) is 3.87. The molecule has 27 heavy (non-hydrogen) atoms. The van der Waals surface area contributed by atoms with Crippen molar-refractivity contribution in [2.45, 2.75) is 33.6 Å². The van der Waals surface area contributed by atoms with Gasteiger partial charge in [-0.15, -0.1) is 0 Å². The van der Waals surface area contributed by atoms with E-state index in [2.05, 4.69) is 37.1 Å². The zero-order chi connectivity index (χ0) is 19.6. The minimum absolute atomic E-state index is 0.304. The summed E-state index contributed by atoms with van der Waals surface area (Å²) in [6.07, 6.45) is 9.94. The molecule has 2 aromatic rings. The van der Waals surface area contributed by atoms with Crippen molar-refractivity contribution < 1.29 is 9.90 Å². The average Bonchev–Trinajstić information content (AvgIpc) is 3.00. The third kappa shape index (κ3) is 3.68. The number of carboxylic acid groups (broad SMARTS) is 1. The summed E-state index contributed by atoms with van der Waals surface area (Å²) < 4.78 is 2.24. The number of aromatic nitrogens is 1. The van der Waals surface area contributed by atoms with E-state index < -0.39 is 5.97 Å². The summed E-state index contributed by atoms with van der Waals surface area (Å²) in [6.45, 7) is 10.5. The number of hydrogen-bond acceptors (Lipinski definition) is 1. The minimum atomic E-state index is -0.906. The molecule has 0 aliphatic heterocycles. The molecule has 1 aromatic carbocycles. The van der Waals surface area contributed by atoms with Gasteiger partial charge < -0.3 is 9.67 Å². The Morgan fingerprint density at radius 2 is 1.96 bits per heavy atom. The summed E-state index contributed by atoms with van der Waals surface area (Å²) in [5.74, 6) is 0.326. The van der Waals surface area contributed by atoms with Crippen LogP contribution in [0.4, 0.5) is 0 Å². The number of aromatic carboxylic acids is 1. The van der Waals surface area contributed by atoms with Gasteiger partial charge in [0, 0.05) is 11.4 Å². The SMILES string of the molecule is C=C/C=C(\C=C/C)c1cc2c(n1-c1cccc(C(=O)O)c1)CC(C)C(C)C2. The van der Waals surface area contributed by atoms with Crippen LogP contribution in [0.25, 0.3) is 11.3 Å². The molecule has 1 heterocycles. The fraction of sp³-hybridized carbons (Fsp3) is 0.292. The Labute approximate surface area is 161 Å². The molecule has 140 valence electrons. The Balaban J connectivity index is 2.27. The monoisotopic (exact) mass is 361 g/mol. The van der Waals surface area contributed by atoms with E-state index in [4.69, 9.17) is 0 Å². The number of carbonyl (C=O) groups is 1. The van der Waals surface area contributed by atoms with Crippen LogP contribution in [0.15, 0.2) is 61.2 Å². The van der Waals surface area contributed by atoms with E-state index in [1.54, 1.807) is 18.2 Å². The van der Waals surface area contributed by atoms with Gasteiger partial charge in [0.05, 0.1) is 11.3 Å². The predicted molar refractivity (Wildman–Crippen MR) is 111 cm³/mol. The lowest BCUT2D eigenvalue weighted by Crippen LogP contribution is -2.22. The fourth-order valence-corrected chi connectivity index (χ4v) is 3.87. The van der Waals surface area contributed by atoms with Crippen molar-refractivity contribution in [1.29, 1.82) is 0 Å². The molecule has 0 saturated heterocycles. The summed E-state index contributed by atoms with van der Waals surface area (Å²) >= 11 is 0. The molecule has 1 aliphatic rings. The van der Waals surface area contributed by atoms with Crippen molar-refractivity contribution in [3.8, 4) is 5.69 Å². The summed E-state index contributed by atoms with van der Waals surface area (Å²) in [5.41, 5.74) is 6.00. The van der Waals surface area contributed by atoms with Gasteiger partial charge in [-0.2, -0.15) is 0 Å². The lowest BCUT2D eigenvalue weighted by atomic mass is 9.81. The van der Waals surface area contributed by atoms with Crippen LogP contribution < -0.4 is 0 Å². The topological polar surface area (TPSA) is 42.2 Å². The highest BCUT2D eigenvalue weighted by Crippen LogP contribution is 2.36. The zero-order valence-corrected chi connectivity index (χ0v) is 16.3. The van der Waals surface area contributed by atoms with Gasteiger partial charge in [-0.1, -0.05) is 50.8 Å². The van der Waals surface area contributed by atoms with Crippen LogP contribution in [0, 0.1) is 11.8 Å². The highest BCUT2D eigenvalue weighted by atomic mass is 16.4. The van der Waals surface area contributed by atoms with Crippen molar-refractivity contribution in [1.82, 2.24) is 4.57 Å². The Morgan fingerprint density at radius 3 is 2.63 bits per heavy atom. The predicted octanol–water partition coefficient (Wildman–Crippen LogP) is 5.69. The van der Waals surface area contributed by atoms with Crippen molar-refractivity contribution in [2.75, 3.05) is 0 Å². The van der Waals surface area contributed by atoms with Crippen LogP contribution in [0.2, 0.25) is 0 Å². The number of nitrogens with zero attached hydrogens (tertiary/aromatic N) is 1. The maximum Gasteiger partial charge on any atom is 0.335 e. The molecule has 0 radical (unpaired) electrons. The number of rotatable bonds is 5. The molecule has 0 saturated carbocycles. The van der Waals surface area contributed by atoms with E-state index in [1.807, 2.05) is 31.2 Å². The molecule has 3 nitrogen and oxygen atoms in total. The lowest BCUT2D eigenvalue weighted by Gasteiger charge is -2.27. The summed E-state index contributed by atoms with van der Waals surface area (Å²) in [7, 11) is 0. The van der Waals surface area contributed by atoms with Crippen molar-refractivity contribution in [3.63, 3.8) is 0 Å². The highest BCUT2D eigenvalue weighted by molar-refractivity contribution is 5.88. The van der Waals surface area contributed by atoms with Gasteiger partial charge >= 0.3 is 5.97 Å². The van der Waals surface area contributed by atoms with Gasteiger partial charge in [0.15, 0.2) is 0 Å². The number of fused-ring (bicyclic) bond motifs is 1. The van der Waals surface area contributed by atoms with E-state index in [-0.39, 0.29) is 0 Å². The Kier molecular flexibility index (Phi) is 5.50. The number of hydrogen-bond donors (Lipinski definition) is 1. The second-order valence-corrected chi connectivity index (χ2v) is 7.41. The van der Waals surface area contributed by atoms with E-state index in [1.165, 1.54) is 11.3 Å². The standard InChI is InChI=1S/C24H27NO2/c1-5-8-18(9-6-2)23-15-20-12-16(3)17(4)13-22(20)25(23)21-11-7-10-19(14-21)24(26)27/h5-11,14-17H,1,12-13H2,2-4H3,(H,26,27)/b9-6-,18-8+. The summed E-state index contributed by atoms with van der Waals surface area (Å²) in [6, 6.07) is 9.46. The molecule has 0 spiro atoms. The first kappa shape index (κ1) is 19.0. The van der Waals surface area contributed by atoms with Gasteiger partial charge in [0.25, 0.3) is 0 Å². The quantitative estimate of drug-likeness (QED) is 0.695. The van der Waals surface area contributed by atoms with Crippen LogP contribution in [-0.4, -0.2) is 15.6 Å². The smallest absolute Gasteiger partial charge is 0.335 e. The van der Waals surface area contributed by atoms with Crippen molar-refractivity contribution in [2.24, 2.45) is 11.8 Å². The van der Waals surface area contributed by atoms with Gasteiger partial charge in [0.1, 0.15) is 0 Å². The molecule has 2 atom stereocenters. The van der Waals surface area contributed by atoms with E-state index in [0.29, 0.717) is 17.4 Å². The third-order valence-corrected chi connectivity index (χ3v) is 5.51. The molecule has 0 amide bonds. The molecule has 2 unspecified atom stereocenters. The molecule has 1 aliphatic carbocycles. The van der Waals surface area contributed by atoms with Gasteiger partial charge in [-0.3, -0.25) is 0 Å². The minimum Gasteiger partial charge on any atom is -0.478 e. The maximum absolute atomic E-state index is 11.5. The molecule has 1 aromatic heterocycles. The van der Waals surface area contributed by atoms with Gasteiger partial charge in [-0.05, 0) is 67.0 Å². The summed E-state index contributed by atoms with van der Waals surface area (Å²) in [4.78, 5) is 11.5. The number of allylic oxidation sites excluding steroid dienone is 5. The van der Waals surface area contributed by atoms with Crippen LogP contribution in [0.1, 0.15) is 48.1 Å². The molecule has 1 N–H and O–H groups in total. The van der Waals surface area contributed by atoms with Gasteiger partial charge in [0.2, 0.25) is 0 Å². The van der Waals surface area contributed by atoms with Crippen molar-refractivity contribution in [3.05, 3.63) is 83.7 Å². The first-order valence-corrected chi connectivity index (χ1v) is 9.49. The Hall–Kier alpha value is -2.81. The molecule has 3 rings (SSSR count).